The third-order valence-electron chi connectivity index (χ3n) is 3.91. The van der Waals surface area contributed by atoms with Gasteiger partial charge in [-0.3, -0.25) is 14.4 Å². The maximum absolute atomic E-state index is 12.8. The lowest BCUT2D eigenvalue weighted by Crippen LogP contribution is -2.34. The van der Waals surface area contributed by atoms with Gasteiger partial charge in [-0.2, -0.15) is 13.2 Å². The Morgan fingerprint density at radius 2 is 1.52 bits per heavy atom. The van der Waals surface area contributed by atoms with Crippen molar-refractivity contribution in [2.45, 2.75) is 19.5 Å². The molecular weight excluding hydrogens is 387 g/mol. The number of amides is 3. The molecule has 0 saturated carbocycles. The number of hydrogen-bond acceptors (Lipinski definition) is 3. The molecule has 6 nitrogen and oxygen atoms in total. The van der Waals surface area contributed by atoms with Gasteiger partial charge in [0.15, 0.2) is 0 Å². The molecule has 0 bridgehead atoms. The van der Waals surface area contributed by atoms with E-state index in [0.717, 1.165) is 18.2 Å². The van der Waals surface area contributed by atoms with Crippen LogP contribution in [0.3, 0.4) is 0 Å². The fourth-order valence-electron chi connectivity index (χ4n) is 2.35. The van der Waals surface area contributed by atoms with Crippen molar-refractivity contribution in [1.82, 2.24) is 10.6 Å². The van der Waals surface area contributed by atoms with Crippen molar-refractivity contribution in [2.24, 2.45) is 0 Å². The summed E-state index contributed by atoms with van der Waals surface area (Å²) < 4.78 is 38.3. The summed E-state index contributed by atoms with van der Waals surface area (Å²) in [5.74, 6) is -1.16. The van der Waals surface area contributed by atoms with E-state index in [2.05, 4.69) is 16.0 Å². The molecule has 0 saturated heterocycles. The van der Waals surface area contributed by atoms with Gasteiger partial charge in [0.1, 0.15) is 0 Å². The van der Waals surface area contributed by atoms with E-state index in [1.165, 1.54) is 30.3 Å². The van der Waals surface area contributed by atoms with Gasteiger partial charge < -0.3 is 16.0 Å². The van der Waals surface area contributed by atoms with Crippen molar-refractivity contribution in [3.05, 3.63) is 65.2 Å². The van der Waals surface area contributed by atoms with Crippen molar-refractivity contribution in [3.63, 3.8) is 0 Å². The van der Waals surface area contributed by atoms with E-state index in [0.29, 0.717) is 24.2 Å². The first-order valence-corrected chi connectivity index (χ1v) is 8.84. The third-order valence-corrected chi connectivity index (χ3v) is 3.91. The molecule has 0 aliphatic carbocycles. The predicted molar refractivity (Wildman–Crippen MR) is 101 cm³/mol. The van der Waals surface area contributed by atoms with Crippen LogP contribution in [0.1, 0.15) is 39.6 Å². The predicted octanol–water partition coefficient (Wildman–Crippen LogP) is 3.21. The molecule has 0 aromatic heterocycles. The average Bonchev–Trinajstić information content (AvgIpc) is 2.70. The fourth-order valence-corrected chi connectivity index (χ4v) is 2.35. The first-order valence-electron chi connectivity index (χ1n) is 8.84. The van der Waals surface area contributed by atoms with Crippen molar-refractivity contribution in [1.29, 1.82) is 0 Å². The molecule has 0 spiro atoms. The van der Waals surface area contributed by atoms with Crippen LogP contribution in [-0.4, -0.2) is 30.8 Å². The molecule has 0 unspecified atom stereocenters. The summed E-state index contributed by atoms with van der Waals surface area (Å²) in [4.78, 5) is 35.3. The van der Waals surface area contributed by atoms with E-state index in [9.17, 15) is 27.6 Å². The Labute approximate surface area is 165 Å². The molecule has 3 amide bonds. The maximum Gasteiger partial charge on any atom is 0.416 e. The van der Waals surface area contributed by atoms with Crippen LogP contribution in [0.15, 0.2) is 48.5 Å². The fraction of sp³-hybridized carbons (Fsp3) is 0.250. The van der Waals surface area contributed by atoms with Gasteiger partial charge in [0, 0.05) is 36.3 Å². The zero-order chi connectivity index (χ0) is 21.4. The first-order chi connectivity index (χ1) is 13.7. The molecule has 2 aromatic rings. The lowest BCUT2D eigenvalue weighted by atomic mass is 10.1. The molecule has 0 atom stereocenters. The standard InChI is InChI=1S/C20H20F3N3O3/c1-2-17(27)24-10-11-25-18(28)13-6-8-16(9-7-13)26-19(29)14-4-3-5-15(12-14)20(21,22)23/h3-9,12H,2,10-11H2,1H3,(H,24,27)(H,25,28)(H,26,29). The number of halogens is 3. The lowest BCUT2D eigenvalue weighted by molar-refractivity contribution is -0.137. The minimum absolute atomic E-state index is 0.111. The monoisotopic (exact) mass is 407 g/mol. The second kappa shape index (κ2) is 9.72. The molecule has 9 heteroatoms. The van der Waals surface area contributed by atoms with Gasteiger partial charge in [0.05, 0.1) is 5.56 Å². The van der Waals surface area contributed by atoms with Crippen LogP contribution in [-0.2, 0) is 11.0 Å². The highest BCUT2D eigenvalue weighted by Gasteiger charge is 2.30. The highest BCUT2D eigenvalue weighted by Crippen LogP contribution is 2.29. The Hall–Kier alpha value is -3.36. The van der Waals surface area contributed by atoms with Crippen LogP contribution >= 0.6 is 0 Å². The average molecular weight is 407 g/mol. The van der Waals surface area contributed by atoms with Gasteiger partial charge in [-0.15, -0.1) is 0 Å². The Morgan fingerprint density at radius 1 is 0.862 bits per heavy atom. The van der Waals surface area contributed by atoms with Gasteiger partial charge in [0.25, 0.3) is 11.8 Å². The van der Waals surface area contributed by atoms with Gasteiger partial charge in [-0.1, -0.05) is 13.0 Å². The van der Waals surface area contributed by atoms with Crippen molar-refractivity contribution in [2.75, 3.05) is 18.4 Å². The smallest absolute Gasteiger partial charge is 0.354 e. The summed E-state index contributed by atoms with van der Waals surface area (Å²) in [6.07, 6.45) is -4.17. The second-order valence-electron chi connectivity index (χ2n) is 6.07. The first kappa shape index (κ1) is 21.9. The normalized spacial score (nSPS) is 10.9. The molecule has 3 N–H and O–H groups in total. The topological polar surface area (TPSA) is 87.3 Å². The summed E-state index contributed by atoms with van der Waals surface area (Å²) in [6, 6.07) is 9.99. The lowest BCUT2D eigenvalue weighted by Gasteiger charge is -2.10. The molecule has 0 heterocycles. The summed E-state index contributed by atoms with van der Waals surface area (Å²) >= 11 is 0. The molecule has 2 aromatic carbocycles. The zero-order valence-electron chi connectivity index (χ0n) is 15.6. The van der Waals surface area contributed by atoms with E-state index in [-0.39, 0.29) is 23.9 Å². The SMILES string of the molecule is CCC(=O)NCCNC(=O)c1ccc(NC(=O)c2cccc(C(F)(F)F)c2)cc1. The Morgan fingerprint density at radius 3 is 2.14 bits per heavy atom. The third kappa shape index (κ3) is 6.63. The minimum atomic E-state index is -4.54. The van der Waals surface area contributed by atoms with E-state index >= 15 is 0 Å². The van der Waals surface area contributed by atoms with Gasteiger partial charge in [-0.25, -0.2) is 0 Å². The van der Waals surface area contributed by atoms with Gasteiger partial charge in [0.2, 0.25) is 5.91 Å². The summed E-state index contributed by atoms with van der Waals surface area (Å²) in [6.45, 7) is 2.30. The largest absolute Gasteiger partial charge is 0.416 e. The molecule has 29 heavy (non-hydrogen) atoms. The van der Waals surface area contributed by atoms with Crippen LogP contribution in [0.5, 0.6) is 0 Å². The maximum atomic E-state index is 12.8. The van der Waals surface area contributed by atoms with E-state index in [4.69, 9.17) is 0 Å². The summed E-state index contributed by atoms with van der Waals surface area (Å²) in [7, 11) is 0. The van der Waals surface area contributed by atoms with Crippen LogP contribution in [0.25, 0.3) is 0 Å². The number of anilines is 1. The molecule has 0 radical (unpaired) electrons. The minimum Gasteiger partial charge on any atom is -0.354 e. The highest BCUT2D eigenvalue weighted by molar-refractivity contribution is 6.04. The molecule has 154 valence electrons. The van der Waals surface area contributed by atoms with Crippen LogP contribution in [0, 0.1) is 0 Å². The van der Waals surface area contributed by atoms with Gasteiger partial charge >= 0.3 is 6.18 Å². The quantitative estimate of drug-likeness (QED) is 0.616. The number of rotatable bonds is 7. The van der Waals surface area contributed by atoms with E-state index in [1.54, 1.807) is 6.92 Å². The summed E-state index contributed by atoms with van der Waals surface area (Å²) in [5, 5.41) is 7.75. The van der Waals surface area contributed by atoms with Crippen LogP contribution in [0.2, 0.25) is 0 Å². The van der Waals surface area contributed by atoms with Gasteiger partial charge in [-0.05, 0) is 42.5 Å². The Bertz CT molecular complexity index is 881. The number of carbonyl (C=O) groups is 3. The van der Waals surface area contributed by atoms with Crippen LogP contribution < -0.4 is 16.0 Å². The van der Waals surface area contributed by atoms with Crippen molar-refractivity contribution < 1.29 is 27.6 Å². The summed E-state index contributed by atoms with van der Waals surface area (Å²) in [5.41, 5.74) is -0.369. The van der Waals surface area contributed by atoms with Crippen LogP contribution in [0.4, 0.5) is 18.9 Å². The number of alkyl halides is 3. The molecule has 2 rings (SSSR count). The molecular formula is C20H20F3N3O3. The van der Waals surface area contributed by atoms with Crippen molar-refractivity contribution >= 4 is 23.4 Å². The van der Waals surface area contributed by atoms with Crippen molar-refractivity contribution in [3.8, 4) is 0 Å². The second-order valence-corrected chi connectivity index (χ2v) is 6.07. The molecule has 0 aliphatic heterocycles. The number of carbonyl (C=O) groups excluding carboxylic acids is 3. The number of hydrogen-bond donors (Lipinski definition) is 3. The Kier molecular flexibility index (Phi) is 7.35. The van der Waals surface area contributed by atoms with E-state index < -0.39 is 17.6 Å². The number of benzene rings is 2. The van der Waals surface area contributed by atoms with E-state index in [1.807, 2.05) is 0 Å². The molecule has 0 aliphatic rings. The molecule has 0 fully saturated rings. The number of nitrogens with one attached hydrogen (secondary N) is 3. The highest BCUT2D eigenvalue weighted by atomic mass is 19.4. The Balaban J connectivity index is 1.92. The zero-order valence-corrected chi connectivity index (χ0v) is 15.6.